The fourth-order valence-electron chi connectivity index (χ4n) is 3.85. The number of aryl methyl sites for hydroxylation is 1. The number of hydrogen-bond acceptors (Lipinski definition) is 1. The van der Waals surface area contributed by atoms with E-state index in [2.05, 4.69) is 11.7 Å². The molecule has 0 fully saturated rings. The maximum atomic E-state index is 14.6. The van der Waals surface area contributed by atoms with Crippen LogP contribution in [0.1, 0.15) is 43.7 Å². The molecule has 0 radical (unpaired) electrons. The minimum absolute atomic E-state index is 0.115. The van der Waals surface area contributed by atoms with Crippen LogP contribution in [0.15, 0.2) is 54.6 Å². The molecule has 0 N–H and O–H groups in total. The minimum atomic E-state index is -3.76. The first-order chi connectivity index (χ1) is 14.4. The van der Waals surface area contributed by atoms with Crippen molar-refractivity contribution in [1.82, 2.24) is 0 Å². The SMILES string of the molecule is CCCCCCc1ccc(-c2ccc3c(c2)C(F)(F)Oc2c-3ccc(F)c2F)cc1. The molecule has 0 aliphatic carbocycles. The van der Waals surface area contributed by atoms with E-state index < -0.39 is 23.5 Å². The van der Waals surface area contributed by atoms with Crippen LogP contribution in [0.25, 0.3) is 22.3 Å². The van der Waals surface area contributed by atoms with Crippen molar-refractivity contribution in [2.45, 2.75) is 45.1 Å². The fourth-order valence-corrected chi connectivity index (χ4v) is 3.85. The van der Waals surface area contributed by atoms with Gasteiger partial charge in [-0.15, -0.1) is 0 Å². The van der Waals surface area contributed by atoms with Gasteiger partial charge in [0.1, 0.15) is 0 Å². The number of benzene rings is 3. The Morgan fingerprint density at radius 1 is 0.800 bits per heavy atom. The lowest BCUT2D eigenvalue weighted by Crippen LogP contribution is -2.27. The van der Waals surface area contributed by atoms with Crippen LogP contribution < -0.4 is 4.74 Å². The lowest BCUT2D eigenvalue weighted by Gasteiger charge is -2.28. The van der Waals surface area contributed by atoms with Crippen molar-refractivity contribution >= 4 is 0 Å². The van der Waals surface area contributed by atoms with Crippen molar-refractivity contribution in [3.63, 3.8) is 0 Å². The Hall–Kier alpha value is -2.82. The van der Waals surface area contributed by atoms with E-state index in [-0.39, 0.29) is 16.7 Å². The van der Waals surface area contributed by atoms with E-state index in [0.29, 0.717) is 5.56 Å². The van der Waals surface area contributed by atoms with Crippen LogP contribution in [0.2, 0.25) is 0 Å². The van der Waals surface area contributed by atoms with Gasteiger partial charge in [0.05, 0.1) is 5.56 Å². The van der Waals surface area contributed by atoms with E-state index in [1.807, 2.05) is 24.3 Å². The molecule has 1 heterocycles. The molecule has 4 rings (SSSR count). The highest BCUT2D eigenvalue weighted by molar-refractivity contribution is 5.79. The van der Waals surface area contributed by atoms with Crippen LogP contribution in [0.5, 0.6) is 5.75 Å². The van der Waals surface area contributed by atoms with Gasteiger partial charge in [-0.05, 0) is 53.3 Å². The number of rotatable bonds is 6. The maximum absolute atomic E-state index is 14.6. The van der Waals surface area contributed by atoms with E-state index in [0.717, 1.165) is 24.5 Å². The summed E-state index contributed by atoms with van der Waals surface area (Å²) in [6.07, 6.45) is 1.98. The highest BCUT2D eigenvalue weighted by Gasteiger charge is 2.43. The first-order valence-electron chi connectivity index (χ1n) is 10.2. The summed E-state index contributed by atoms with van der Waals surface area (Å²) in [6.45, 7) is 2.18. The van der Waals surface area contributed by atoms with Gasteiger partial charge in [0, 0.05) is 5.56 Å². The molecule has 1 aliphatic rings. The summed E-state index contributed by atoms with van der Waals surface area (Å²) in [5.74, 6) is -3.39. The fraction of sp³-hybridized carbons (Fsp3) is 0.280. The third kappa shape index (κ3) is 3.81. The predicted molar refractivity (Wildman–Crippen MR) is 110 cm³/mol. The quantitative estimate of drug-likeness (QED) is 0.295. The predicted octanol–water partition coefficient (Wildman–Crippen LogP) is 7.86. The highest BCUT2D eigenvalue weighted by Crippen LogP contribution is 2.49. The van der Waals surface area contributed by atoms with Crippen molar-refractivity contribution in [1.29, 1.82) is 0 Å². The number of alkyl halides is 2. The molecule has 3 aromatic rings. The molecule has 156 valence electrons. The number of halogens is 4. The number of ether oxygens (including phenoxy) is 1. The molecule has 0 saturated carbocycles. The summed E-state index contributed by atoms with van der Waals surface area (Å²) >= 11 is 0. The Kier molecular flexibility index (Phi) is 5.54. The van der Waals surface area contributed by atoms with Crippen LogP contribution in [-0.2, 0) is 12.5 Å². The van der Waals surface area contributed by atoms with E-state index in [1.54, 1.807) is 6.07 Å². The Bertz CT molecular complexity index is 1060. The van der Waals surface area contributed by atoms with Crippen molar-refractivity contribution < 1.29 is 22.3 Å². The average molecular weight is 414 g/mol. The van der Waals surface area contributed by atoms with E-state index in [9.17, 15) is 17.6 Å². The van der Waals surface area contributed by atoms with Gasteiger partial charge in [-0.3, -0.25) is 0 Å². The zero-order valence-corrected chi connectivity index (χ0v) is 16.7. The van der Waals surface area contributed by atoms with Crippen molar-refractivity contribution in [2.24, 2.45) is 0 Å². The van der Waals surface area contributed by atoms with Crippen LogP contribution in [0.3, 0.4) is 0 Å². The second kappa shape index (κ2) is 8.13. The zero-order chi connectivity index (χ0) is 21.3. The zero-order valence-electron chi connectivity index (χ0n) is 16.7. The van der Waals surface area contributed by atoms with Gasteiger partial charge in [-0.1, -0.05) is 62.6 Å². The average Bonchev–Trinajstić information content (AvgIpc) is 2.74. The normalized spacial score (nSPS) is 14.0. The third-order valence-corrected chi connectivity index (χ3v) is 5.51. The lowest BCUT2D eigenvalue weighted by atomic mass is 9.91. The highest BCUT2D eigenvalue weighted by atomic mass is 19.3. The second-order valence-electron chi connectivity index (χ2n) is 7.62. The first kappa shape index (κ1) is 20.5. The Morgan fingerprint density at radius 2 is 1.50 bits per heavy atom. The molecule has 0 atom stereocenters. The summed E-state index contributed by atoms with van der Waals surface area (Å²) in [5.41, 5.74) is 2.53. The van der Waals surface area contributed by atoms with Crippen LogP contribution in [-0.4, -0.2) is 0 Å². The van der Waals surface area contributed by atoms with Crippen LogP contribution in [0, 0.1) is 11.6 Å². The molecule has 1 aliphatic heterocycles. The van der Waals surface area contributed by atoms with E-state index in [1.165, 1.54) is 43.0 Å². The number of fused-ring (bicyclic) bond motifs is 3. The molecular weight excluding hydrogens is 392 g/mol. The number of unbranched alkanes of at least 4 members (excludes halogenated alkanes) is 3. The molecule has 5 heteroatoms. The van der Waals surface area contributed by atoms with Crippen LogP contribution in [0.4, 0.5) is 17.6 Å². The van der Waals surface area contributed by atoms with Gasteiger partial charge >= 0.3 is 6.11 Å². The summed E-state index contributed by atoms with van der Waals surface area (Å²) in [7, 11) is 0. The summed E-state index contributed by atoms with van der Waals surface area (Å²) in [4.78, 5) is 0. The maximum Gasteiger partial charge on any atom is 0.427 e. The Balaban J connectivity index is 1.65. The van der Waals surface area contributed by atoms with Gasteiger partial charge < -0.3 is 4.74 Å². The Labute approximate surface area is 173 Å². The molecule has 0 spiro atoms. The molecule has 1 nitrogen and oxygen atoms in total. The standard InChI is InChI=1S/C25H22F4O/c1-2-3-4-5-6-16-7-9-17(10-8-16)18-11-12-19-20-13-14-22(26)23(27)24(20)30-25(28,29)21(19)15-18/h7-15H,2-6H2,1H3. The monoisotopic (exact) mass is 414 g/mol. The molecule has 0 bridgehead atoms. The summed E-state index contributed by atoms with van der Waals surface area (Å²) in [6, 6.07) is 14.6. The molecule has 0 aromatic heterocycles. The number of hydrogen-bond donors (Lipinski definition) is 0. The molecule has 3 aromatic carbocycles. The van der Waals surface area contributed by atoms with Crippen LogP contribution >= 0.6 is 0 Å². The molecule has 30 heavy (non-hydrogen) atoms. The van der Waals surface area contributed by atoms with Crippen molar-refractivity contribution in [2.75, 3.05) is 0 Å². The molecule has 0 unspecified atom stereocenters. The summed E-state index contributed by atoms with van der Waals surface area (Å²) in [5, 5.41) is 0. The van der Waals surface area contributed by atoms with Crippen molar-refractivity contribution in [3.8, 4) is 28.0 Å². The second-order valence-corrected chi connectivity index (χ2v) is 7.62. The van der Waals surface area contributed by atoms with Gasteiger partial charge in [0.2, 0.25) is 5.82 Å². The van der Waals surface area contributed by atoms with Gasteiger partial charge in [-0.2, -0.15) is 13.2 Å². The van der Waals surface area contributed by atoms with Crippen molar-refractivity contribution in [3.05, 3.63) is 77.4 Å². The topological polar surface area (TPSA) is 9.23 Å². The third-order valence-electron chi connectivity index (χ3n) is 5.51. The van der Waals surface area contributed by atoms with E-state index >= 15 is 0 Å². The van der Waals surface area contributed by atoms with Gasteiger partial charge in [0.25, 0.3) is 0 Å². The Morgan fingerprint density at radius 3 is 2.23 bits per heavy atom. The van der Waals surface area contributed by atoms with Gasteiger partial charge in [-0.25, -0.2) is 4.39 Å². The molecular formula is C25H22F4O. The minimum Gasteiger partial charge on any atom is -0.425 e. The lowest BCUT2D eigenvalue weighted by molar-refractivity contribution is -0.188. The first-order valence-corrected chi connectivity index (χ1v) is 10.2. The molecule has 0 amide bonds. The van der Waals surface area contributed by atoms with E-state index in [4.69, 9.17) is 0 Å². The summed E-state index contributed by atoms with van der Waals surface area (Å²) < 4.78 is 61.3. The molecule has 0 saturated heterocycles. The van der Waals surface area contributed by atoms with Gasteiger partial charge in [0.15, 0.2) is 11.6 Å². The smallest absolute Gasteiger partial charge is 0.425 e. The largest absolute Gasteiger partial charge is 0.427 e.